The first-order chi connectivity index (χ1) is 7.38. The number of likely N-dealkylation sites (tertiary alicyclic amines) is 1. The van der Waals surface area contributed by atoms with Gasteiger partial charge >= 0.3 is 0 Å². The first-order valence-electron chi connectivity index (χ1n) is 6.41. The van der Waals surface area contributed by atoms with E-state index in [0.29, 0.717) is 5.41 Å². The highest BCUT2D eigenvalue weighted by molar-refractivity contribution is 4.92. The van der Waals surface area contributed by atoms with Crippen molar-refractivity contribution in [1.29, 1.82) is 0 Å². The lowest BCUT2D eigenvalue weighted by Crippen LogP contribution is -2.54. The fourth-order valence-corrected chi connectivity index (χ4v) is 3.21. The van der Waals surface area contributed by atoms with Crippen molar-refractivity contribution in [2.75, 3.05) is 39.4 Å². The van der Waals surface area contributed by atoms with Crippen LogP contribution in [0.4, 0.5) is 0 Å². The smallest absolute Gasteiger partial charge is 0.0545 e. The third-order valence-corrected chi connectivity index (χ3v) is 4.50. The molecular weight excluding hydrogens is 188 g/mol. The van der Waals surface area contributed by atoms with Gasteiger partial charge < -0.3 is 15.0 Å². The Morgan fingerprint density at radius 3 is 2.27 bits per heavy atom. The Morgan fingerprint density at radius 1 is 1.07 bits per heavy atom. The van der Waals surface area contributed by atoms with Crippen molar-refractivity contribution in [1.82, 2.24) is 10.2 Å². The normalized spacial score (nSPS) is 32.8. The highest BCUT2D eigenvalue weighted by Crippen LogP contribution is 2.39. The number of ether oxygens (including phenoxy) is 1. The van der Waals surface area contributed by atoms with Crippen LogP contribution in [0.15, 0.2) is 0 Å². The van der Waals surface area contributed by atoms with Crippen molar-refractivity contribution in [3.8, 4) is 0 Å². The average Bonchev–Trinajstić information content (AvgIpc) is 2.28. The molecule has 0 unspecified atom stereocenters. The van der Waals surface area contributed by atoms with Gasteiger partial charge in [-0.25, -0.2) is 0 Å². The van der Waals surface area contributed by atoms with Crippen LogP contribution < -0.4 is 5.32 Å². The van der Waals surface area contributed by atoms with Crippen LogP contribution >= 0.6 is 0 Å². The minimum Gasteiger partial charge on any atom is -0.380 e. The Labute approximate surface area is 92.2 Å². The molecule has 3 rings (SSSR count). The van der Waals surface area contributed by atoms with E-state index in [1.165, 1.54) is 51.9 Å². The zero-order chi connectivity index (χ0) is 10.1. The summed E-state index contributed by atoms with van der Waals surface area (Å²) in [6.07, 6.45) is 5.45. The van der Waals surface area contributed by atoms with E-state index in [2.05, 4.69) is 10.2 Å². The maximum Gasteiger partial charge on any atom is 0.0545 e. The van der Waals surface area contributed by atoms with Gasteiger partial charge in [0.15, 0.2) is 0 Å². The zero-order valence-electron chi connectivity index (χ0n) is 9.50. The summed E-state index contributed by atoms with van der Waals surface area (Å²) in [4.78, 5) is 2.73. The number of piperidine rings is 2. The van der Waals surface area contributed by atoms with Crippen LogP contribution in [0.1, 0.15) is 25.7 Å². The van der Waals surface area contributed by atoms with Crippen LogP contribution in [0, 0.1) is 5.41 Å². The summed E-state index contributed by atoms with van der Waals surface area (Å²) in [5.41, 5.74) is 0.601. The third kappa shape index (κ3) is 1.93. The van der Waals surface area contributed by atoms with Gasteiger partial charge in [0.1, 0.15) is 0 Å². The van der Waals surface area contributed by atoms with Gasteiger partial charge in [0, 0.05) is 11.5 Å². The minimum atomic E-state index is 0.601. The van der Waals surface area contributed by atoms with E-state index >= 15 is 0 Å². The molecule has 3 fully saturated rings. The predicted molar refractivity (Wildman–Crippen MR) is 60.0 cm³/mol. The van der Waals surface area contributed by atoms with Crippen molar-refractivity contribution in [3.63, 3.8) is 0 Å². The van der Waals surface area contributed by atoms with E-state index in [9.17, 15) is 0 Å². The Kier molecular flexibility index (Phi) is 2.71. The molecule has 0 radical (unpaired) electrons. The Bertz CT molecular complexity index is 212. The molecule has 3 aliphatic rings. The maximum atomic E-state index is 5.37. The van der Waals surface area contributed by atoms with Crippen molar-refractivity contribution in [2.45, 2.75) is 31.7 Å². The summed E-state index contributed by atoms with van der Waals surface area (Å²) in [7, 11) is 0. The molecule has 3 heteroatoms. The second-order valence-electron chi connectivity index (χ2n) is 5.51. The van der Waals surface area contributed by atoms with Crippen molar-refractivity contribution >= 4 is 0 Å². The number of hydrogen-bond acceptors (Lipinski definition) is 3. The number of nitrogens with zero attached hydrogens (tertiary/aromatic N) is 1. The molecule has 0 saturated carbocycles. The number of rotatable bonds is 1. The first kappa shape index (κ1) is 10.1. The zero-order valence-corrected chi connectivity index (χ0v) is 9.50. The molecule has 0 amide bonds. The largest absolute Gasteiger partial charge is 0.380 e. The SMILES string of the molecule is C1CC(N2CCC3(CC2)COC3)CCN1. The van der Waals surface area contributed by atoms with Gasteiger partial charge in [-0.05, 0) is 51.9 Å². The molecule has 0 atom stereocenters. The fraction of sp³-hybridized carbons (Fsp3) is 1.00. The van der Waals surface area contributed by atoms with E-state index < -0.39 is 0 Å². The summed E-state index contributed by atoms with van der Waals surface area (Å²) in [6.45, 7) is 7.13. The molecule has 0 aliphatic carbocycles. The topological polar surface area (TPSA) is 24.5 Å². The van der Waals surface area contributed by atoms with Gasteiger partial charge in [0.25, 0.3) is 0 Å². The van der Waals surface area contributed by atoms with E-state index in [4.69, 9.17) is 4.74 Å². The van der Waals surface area contributed by atoms with Gasteiger partial charge in [0.2, 0.25) is 0 Å². The standard InChI is InChI=1S/C12H22N2O/c1-5-13-6-2-11(1)14-7-3-12(4-8-14)9-15-10-12/h11,13H,1-10H2. The third-order valence-electron chi connectivity index (χ3n) is 4.50. The molecular formula is C12H22N2O. The quantitative estimate of drug-likeness (QED) is 0.694. The summed E-state index contributed by atoms with van der Waals surface area (Å²) < 4.78 is 5.37. The molecule has 3 aliphatic heterocycles. The average molecular weight is 210 g/mol. The van der Waals surface area contributed by atoms with Gasteiger partial charge in [-0.1, -0.05) is 0 Å². The van der Waals surface area contributed by atoms with Gasteiger partial charge in [-0.2, -0.15) is 0 Å². The second kappa shape index (κ2) is 4.04. The number of nitrogens with one attached hydrogen (secondary N) is 1. The Morgan fingerprint density at radius 2 is 1.73 bits per heavy atom. The molecule has 0 aromatic heterocycles. The van der Waals surface area contributed by atoms with Crippen molar-refractivity contribution in [3.05, 3.63) is 0 Å². The van der Waals surface area contributed by atoms with Crippen LogP contribution in [-0.2, 0) is 4.74 Å². The summed E-state index contributed by atoms with van der Waals surface area (Å²) in [5.74, 6) is 0. The number of hydrogen-bond donors (Lipinski definition) is 1. The Hall–Kier alpha value is -0.120. The van der Waals surface area contributed by atoms with E-state index in [0.717, 1.165) is 19.3 Å². The lowest BCUT2D eigenvalue weighted by atomic mass is 9.76. The molecule has 3 saturated heterocycles. The van der Waals surface area contributed by atoms with Crippen LogP contribution in [0.2, 0.25) is 0 Å². The van der Waals surface area contributed by atoms with Crippen LogP contribution in [0.5, 0.6) is 0 Å². The Balaban J connectivity index is 1.52. The molecule has 0 aromatic carbocycles. The molecule has 0 aromatic rings. The van der Waals surface area contributed by atoms with Gasteiger partial charge in [-0.3, -0.25) is 0 Å². The lowest BCUT2D eigenvalue weighted by molar-refractivity contribution is -0.143. The van der Waals surface area contributed by atoms with Gasteiger partial charge in [0.05, 0.1) is 13.2 Å². The summed E-state index contributed by atoms with van der Waals surface area (Å²) in [6, 6.07) is 0.865. The molecule has 86 valence electrons. The molecule has 0 bridgehead atoms. The lowest BCUT2D eigenvalue weighted by Gasteiger charge is -2.49. The summed E-state index contributed by atoms with van der Waals surface area (Å²) >= 11 is 0. The highest BCUT2D eigenvalue weighted by Gasteiger charge is 2.42. The molecule has 3 nitrogen and oxygen atoms in total. The molecule has 1 spiro atoms. The van der Waals surface area contributed by atoms with Crippen LogP contribution in [0.25, 0.3) is 0 Å². The van der Waals surface area contributed by atoms with E-state index in [1.54, 1.807) is 0 Å². The first-order valence-corrected chi connectivity index (χ1v) is 6.41. The van der Waals surface area contributed by atoms with E-state index in [1.807, 2.05) is 0 Å². The molecule has 15 heavy (non-hydrogen) atoms. The molecule has 3 heterocycles. The highest BCUT2D eigenvalue weighted by atomic mass is 16.5. The van der Waals surface area contributed by atoms with Crippen LogP contribution in [-0.4, -0.2) is 50.3 Å². The van der Waals surface area contributed by atoms with Crippen LogP contribution in [0.3, 0.4) is 0 Å². The second-order valence-corrected chi connectivity index (χ2v) is 5.51. The maximum absolute atomic E-state index is 5.37. The fourth-order valence-electron chi connectivity index (χ4n) is 3.21. The summed E-state index contributed by atoms with van der Waals surface area (Å²) in [5, 5.41) is 3.45. The van der Waals surface area contributed by atoms with Crippen molar-refractivity contribution < 1.29 is 4.74 Å². The predicted octanol–water partition coefficient (Wildman–Crippen LogP) is 0.851. The minimum absolute atomic E-state index is 0.601. The van der Waals surface area contributed by atoms with Gasteiger partial charge in [-0.15, -0.1) is 0 Å². The monoisotopic (exact) mass is 210 g/mol. The van der Waals surface area contributed by atoms with E-state index in [-0.39, 0.29) is 0 Å². The van der Waals surface area contributed by atoms with Crippen molar-refractivity contribution in [2.24, 2.45) is 5.41 Å². The molecule has 1 N–H and O–H groups in total.